The van der Waals surface area contributed by atoms with Crippen molar-refractivity contribution in [3.05, 3.63) is 68.2 Å². The largest absolute Gasteiger partial charge is 0.460 e. The van der Waals surface area contributed by atoms with Gasteiger partial charge in [0, 0.05) is 30.1 Å². The minimum Gasteiger partial charge on any atom is -0.460 e. The van der Waals surface area contributed by atoms with E-state index in [2.05, 4.69) is 10.1 Å². The molecule has 0 saturated heterocycles. The molecule has 122 valence electrons. The SMILES string of the molecule is CN=c1scc(-c2ccc([N+](=O)[O-])cc2)n1/N=C/c1ccc(C)o1. The summed E-state index contributed by atoms with van der Waals surface area (Å²) < 4.78 is 7.16. The Labute approximate surface area is 141 Å². The molecule has 0 fully saturated rings. The van der Waals surface area contributed by atoms with Crippen molar-refractivity contribution in [1.29, 1.82) is 0 Å². The Bertz CT molecular complexity index is 964. The number of aryl methyl sites for hydroxylation is 1. The molecular weight excluding hydrogens is 328 g/mol. The van der Waals surface area contributed by atoms with Crippen LogP contribution in [0, 0.1) is 17.0 Å². The number of hydrogen-bond acceptors (Lipinski definition) is 6. The fraction of sp³-hybridized carbons (Fsp3) is 0.125. The lowest BCUT2D eigenvalue weighted by atomic mass is 10.1. The number of nitrogens with zero attached hydrogens (tertiary/aromatic N) is 4. The predicted molar refractivity (Wildman–Crippen MR) is 92.3 cm³/mol. The van der Waals surface area contributed by atoms with E-state index in [1.54, 1.807) is 30.1 Å². The molecule has 0 unspecified atom stereocenters. The molecule has 0 radical (unpaired) electrons. The van der Waals surface area contributed by atoms with Gasteiger partial charge in [-0.3, -0.25) is 15.1 Å². The van der Waals surface area contributed by atoms with Crippen LogP contribution >= 0.6 is 11.3 Å². The number of thiazole rings is 1. The van der Waals surface area contributed by atoms with Crippen LogP contribution in [-0.4, -0.2) is 22.9 Å². The molecule has 0 spiro atoms. The van der Waals surface area contributed by atoms with Crippen molar-refractivity contribution >= 4 is 23.2 Å². The maximum absolute atomic E-state index is 10.8. The first-order chi connectivity index (χ1) is 11.6. The average molecular weight is 342 g/mol. The number of nitro groups is 1. The zero-order valence-corrected chi connectivity index (χ0v) is 13.9. The molecule has 0 bridgehead atoms. The van der Waals surface area contributed by atoms with E-state index in [9.17, 15) is 10.1 Å². The van der Waals surface area contributed by atoms with Gasteiger partial charge in [-0.2, -0.15) is 5.10 Å². The van der Waals surface area contributed by atoms with Gasteiger partial charge in [0.15, 0.2) is 0 Å². The molecule has 3 rings (SSSR count). The van der Waals surface area contributed by atoms with E-state index >= 15 is 0 Å². The summed E-state index contributed by atoms with van der Waals surface area (Å²) in [6.07, 6.45) is 1.61. The van der Waals surface area contributed by atoms with Gasteiger partial charge in [-0.15, -0.1) is 11.3 Å². The molecule has 0 amide bonds. The molecule has 3 aromatic rings. The summed E-state index contributed by atoms with van der Waals surface area (Å²) in [6.45, 7) is 1.87. The minimum atomic E-state index is -0.421. The maximum Gasteiger partial charge on any atom is 0.269 e. The zero-order valence-electron chi connectivity index (χ0n) is 13.0. The number of nitro benzene ring substituents is 1. The van der Waals surface area contributed by atoms with Crippen LogP contribution in [0.3, 0.4) is 0 Å². The van der Waals surface area contributed by atoms with E-state index in [4.69, 9.17) is 4.42 Å². The van der Waals surface area contributed by atoms with Crippen molar-refractivity contribution in [1.82, 2.24) is 4.68 Å². The second-order valence-electron chi connectivity index (χ2n) is 4.94. The zero-order chi connectivity index (χ0) is 17.1. The molecule has 0 atom stereocenters. The van der Waals surface area contributed by atoms with Crippen LogP contribution in [0.5, 0.6) is 0 Å². The Hall–Kier alpha value is -3.00. The average Bonchev–Trinajstić information content (AvgIpc) is 3.18. The van der Waals surface area contributed by atoms with Crippen LogP contribution in [0.15, 0.2) is 56.3 Å². The number of rotatable bonds is 4. The van der Waals surface area contributed by atoms with Crippen molar-refractivity contribution in [2.24, 2.45) is 10.1 Å². The Morgan fingerprint density at radius 3 is 2.58 bits per heavy atom. The Balaban J connectivity index is 2.01. The first-order valence-electron chi connectivity index (χ1n) is 7.07. The highest BCUT2D eigenvalue weighted by Crippen LogP contribution is 2.23. The molecule has 7 nitrogen and oxygen atoms in total. The van der Waals surface area contributed by atoms with Crippen LogP contribution in [-0.2, 0) is 0 Å². The third-order valence-electron chi connectivity index (χ3n) is 3.31. The van der Waals surface area contributed by atoms with Gasteiger partial charge >= 0.3 is 0 Å². The van der Waals surface area contributed by atoms with Crippen LogP contribution in [0.1, 0.15) is 11.5 Å². The first kappa shape index (κ1) is 15.9. The summed E-state index contributed by atoms with van der Waals surface area (Å²) in [4.78, 5) is 15.3. The molecule has 8 heteroatoms. The highest BCUT2D eigenvalue weighted by molar-refractivity contribution is 7.07. The van der Waals surface area contributed by atoms with Crippen LogP contribution in [0.25, 0.3) is 11.3 Å². The van der Waals surface area contributed by atoms with E-state index in [0.29, 0.717) is 10.6 Å². The smallest absolute Gasteiger partial charge is 0.269 e. The third kappa shape index (κ3) is 3.18. The molecule has 0 aliphatic rings. The molecule has 24 heavy (non-hydrogen) atoms. The van der Waals surface area contributed by atoms with E-state index in [-0.39, 0.29) is 5.69 Å². The fourth-order valence-corrected chi connectivity index (χ4v) is 2.96. The normalized spacial score (nSPS) is 12.2. The first-order valence-corrected chi connectivity index (χ1v) is 7.95. The summed E-state index contributed by atoms with van der Waals surface area (Å²) in [5.74, 6) is 1.45. The molecule has 0 aliphatic carbocycles. The van der Waals surface area contributed by atoms with Crippen LogP contribution in [0.2, 0.25) is 0 Å². The highest BCUT2D eigenvalue weighted by atomic mass is 32.1. The van der Waals surface area contributed by atoms with Gasteiger partial charge in [-0.25, -0.2) is 4.68 Å². The lowest BCUT2D eigenvalue weighted by Gasteiger charge is -2.02. The molecular formula is C16H14N4O3S. The van der Waals surface area contributed by atoms with Crippen LogP contribution < -0.4 is 4.80 Å². The summed E-state index contributed by atoms with van der Waals surface area (Å²) in [6, 6.07) is 10.0. The molecule has 1 aromatic carbocycles. The summed E-state index contributed by atoms with van der Waals surface area (Å²) in [7, 11) is 1.69. The monoisotopic (exact) mass is 342 g/mol. The summed E-state index contributed by atoms with van der Waals surface area (Å²) >= 11 is 1.44. The predicted octanol–water partition coefficient (Wildman–Crippen LogP) is 3.44. The highest BCUT2D eigenvalue weighted by Gasteiger charge is 2.10. The lowest BCUT2D eigenvalue weighted by Crippen LogP contribution is -2.11. The molecule has 2 heterocycles. The van der Waals surface area contributed by atoms with Crippen molar-refractivity contribution in [3.63, 3.8) is 0 Å². The van der Waals surface area contributed by atoms with Crippen molar-refractivity contribution in [2.75, 3.05) is 7.05 Å². The topological polar surface area (TPSA) is 85.9 Å². The standard InChI is InChI=1S/C16H14N4O3S/c1-11-3-8-14(23-11)9-18-19-15(10-24-16(19)17-2)12-4-6-13(7-5-12)20(21)22/h3-10H,1-2H3/b17-16?,18-9+. The Morgan fingerprint density at radius 1 is 1.25 bits per heavy atom. The number of benzene rings is 1. The molecule has 0 aliphatic heterocycles. The van der Waals surface area contributed by atoms with E-state index in [0.717, 1.165) is 17.0 Å². The Kier molecular flexibility index (Phi) is 4.39. The third-order valence-corrected chi connectivity index (χ3v) is 4.22. The van der Waals surface area contributed by atoms with Gasteiger partial charge in [0.1, 0.15) is 11.5 Å². The second-order valence-corrected chi connectivity index (χ2v) is 5.77. The summed E-state index contributed by atoms with van der Waals surface area (Å²) in [5, 5.41) is 17.1. The van der Waals surface area contributed by atoms with E-state index in [1.165, 1.54) is 23.5 Å². The summed E-state index contributed by atoms with van der Waals surface area (Å²) in [5.41, 5.74) is 1.67. The van der Waals surface area contributed by atoms with E-state index < -0.39 is 4.92 Å². The van der Waals surface area contributed by atoms with Crippen LogP contribution in [0.4, 0.5) is 5.69 Å². The van der Waals surface area contributed by atoms with Gasteiger partial charge in [0.05, 0.1) is 16.8 Å². The fourth-order valence-electron chi connectivity index (χ4n) is 2.15. The minimum absolute atomic E-state index is 0.0514. The second kappa shape index (κ2) is 6.63. The number of aromatic nitrogens is 1. The van der Waals surface area contributed by atoms with Gasteiger partial charge in [0.2, 0.25) is 4.80 Å². The van der Waals surface area contributed by atoms with Crippen molar-refractivity contribution in [3.8, 4) is 11.3 Å². The quantitative estimate of drug-likeness (QED) is 0.413. The Morgan fingerprint density at radius 2 is 2.00 bits per heavy atom. The number of furan rings is 1. The van der Waals surface area contributed by atoms with Gasteiger partial charge in [-0.05, 0) is 31.2 Å². The van der Waals surface area contributed by atoms with Gasteiger partial charge < -0.3 is 4.42 Å². The van der Waals surface area contributed by atoms with E-state index in [1.807, 2.05) is 24.4 Å². The van der Waals surface area contributed by atoms with Crippen molar-refractivity contribution < 1.29 is 9.34 Å². The van der Waals surface area contributed by atoms with Gasteiger partial charge in [0.25, 0.3) is 5.69 Å². The molecule has 0 saturated carbocycles. The van der Waals surface area contributed by atoms with Crippen molar-refractivity contribution in [2.45, 2.75) is 6.92 Å². The number of non-ortho nitro benzene ring substituents is 1. The molecule has 2 aromatic heterocycles. The van der Waals surface area contributed by atoms with Gasteiger partial charge in [-0.1, -0.05) is 0 Å². The maximum atomic E-state index is 10.8. The molecule has 0 N–H and O–H groups in total. The number of hydrogen-bond donors (Lipinski definition) is 0. The lowest BCUT2D eigenvalue weighted by molar-refractivity contribution is -0.384.